The van der Waals surface area contributed by atoms with Gasteiger partial charge < -0.3 is 10.0 Å². The van der Waals surface area contributed by atoms with Gasteiger partial charge in [-0.2, -0.15) is 13.2 Å². The quantitative estimate of drug-likeness (QED) is 0.882. The second kappa shape index (κ2) is 6.59. The van der Waals surface area contributed by atoms with E-state index >= 15 is 0 Å². The van der Waals surface area contributed by atoms with Gasteiger partial charge in [0.2, 0.25) is 5.91 Å². The number of carbonyl (C=O) groups excluding carboxylic acids is 1. The Morgan fingerprint density at radius 1 is 1.31 bits per heavy atom. The number of hydrogen-bond acceptors (Lipinski definition) is 2. The van der Waals surface area contributed by atoms with Gasteiger partial charge in [-0.25, -0.2) is 0 Å². The van der Waals surface area contributed by atoms with Gasteiger partial charge in [-0.05, 0) is 42.9 Å². The van der Waals surface area contributed by atoms with Crippen LogP contribution in [0.5, 0.6) is 0 Å². The number of nitrogens with zero attached hydrogens (tertiary/aromatic N) is 1. The minimum Gasteiger partial charge on any atom is -0.481 e. The standard InChI is InChI=1S/C19H22F3NO3/c1-12(9-13-4-6-14(7-5-13)19(20,21)22)16(24)23-10-15-3-2-8-18(15,11-23)17(25)26/h4-7,12,15H,2-3,8-11H2,1H3,(H,25,26)/t12?,15-,18+/m0/s1. The van der Waals surface area contributed by atoms with E-state index in [0.717, 1.165) is 25.0 Å². The van der Waals surface area contributed by atoms with E-state index in [1.165, 1.54) is 12.1 Å². The van der Waals surface area contributed by atoms with Crippen LogP contribution in [0, 0.1) is 17.3 Å². The Morgan fingerprint density at radius 3 is 2.50 bits per heavy atom. The Hall–Kier alpha value is -2.05. The van der Waals surface area contributed by atoms with Gasteiger partial charge in [0.05, 0.1) is 11.0 Å². The van der Waals surface area contributed by atoms with E-state index < -0.39 is 29.0 Å². The van der Waals surface area contributed by atoms with Gasteiger partial charge in [-0.3, -0.25) is 9.59 Å². The molecule has 4 nitrogen and oxygen atoms in total. The zero-order chi connectivity index (χ0) is 19.1. The molecular formula is C19H22F3NO3. The van der Waals surface area contributed by atoms with Crippen LogP contribution in [0.2, 0.25) is 0 Å². The van der Waals surface area contributed by atoms with Crippen LogP contribution in [0.15, 0.2) is 24.3 Å². The van der Waals surface area contributed by atoms with Crippen molar-refractivity contribution in [2.45, 2.75) is 38.8 Å². The molecule has 1 saturated heterocycles. The summed E-state index contributed by atoms with van der Waals surface area (Å²) in [6.45, 7) is 2.44. The molecule has 1 aliphatic carbocycles. The monoisotopic (exact) mass is 369 g/mol. The van der Waals surface area contributed by atoms with Crippen LogP contribution < -0.4 is 0 Å². The van der Waals surface area contributed by atoms with Gasteiger partial charge in [0.15, 0.2) is 0 Å². The maximum atomic E-state index is 12.7. The van der Waals surface area contributed by atoms with E-state index in [0.29, 0.717) is 24.9 Å². The predicted molar refractivity (Wildman–Crippen MR) is 88.3 cm³/mol. The summed E-state index contributed by atoms with van der Waals surface area (Å²) in [7, 11) is 0. The maximum absolute atomic E-state index is 12.7. The Bertz CT molecular complexity index is 701. The molecule has 7 heteroatoms. The molecule has 2 aliphatic rings. The molecule has 0 bridgehead atoms. The highest BCUT2D eigenvalue weighted by Gasteiger charge is 2.56. The molecule has 1 heterocycles. The highest BCUT2D eigenvalue weighted by molar-refractivity contribution is 5.82. The van der Waals surface area contributed by atoms with Crippen molar-refractivity contribution in [1.82, 2.24) is 4.90 Å². The Labute approximate surface area is 150 Å². The number of aliphatic carboxylic acids is 1. The summed E-state index contributed by atoms with van der Waals surface area (Å²) in [6, 6.07) is 4.83. The highest BCUT2D eigenvalue weighted by Crippen LogP contribution is 2.49. The number of rotatable bonds is 4. The second-order valence-corrected chi connectivity index (χ2v) is 7.57. The van der Waals surface area contributed by atoms with Crippen molar-refractivity contribution in [3.8, 4) is 0 Å². The van der Waals surface area contributed by atoms with E-state index in [1.807, 2.05) is 0 Å². The summed E-state index contributed by atoms with van der Waals surface area (Å²) in [6.07, 6.45) is -1.75. The van der Waals surface area contributed by atoms with Crippen molar-refractivity contribution in [3.05, 3.63) is 35.4 Å². The van der Waals surface area contributed by atoms with Crippen LogP contribution >= 0.6 is 0 Å². The molecule has 1 aliphatic heterocycles. The average molecular weight is 369 g/mol. The maximum Gasteiger partial charge on any atom is 0.416 e. The number of carboxylic acids is 1. The Kier molecular flexibility index (Phi) is 4.75. The molecule has 1 saturated carbocycles. The fraction of sp³-hybridized carbons (Fsp3) is 0.579. The first kappa shape index (κ1) is 18.7. The first-order chi connectivity index (χ1) is 12.1. The molecule has 0 spiro atoms. The van der Waals surface area contributed by atoms with E-state index in [-0.39, 0.29) is 18.4 Å². The van der Waals surface area contributed by atoms with Crippen LogP contribution in [-0.4, -0.2) is 35.0 Å². The molecule has 0 aromatic heterocycles. The molecule has 1 amide bonds. The minimum absolute atomic E-state index is 0.00205. The number of alkyl halides is 3. The smallest absolute Gasteiger partial charge is 0.416 e. The number of amides is 1. The van der Waals surface area contributed by atoms with Crippen LogP contribution in [-0.2, 0) is 22.2 Å². The van der Waals surface area contributed by atoms with Crippen molar-refractivity contribution >= 4 is 11.9 Å². The number of carboxylic acid groups (broad SMARTS) is 1. The molecule has 26 heavy (non-hydrogen) atoms. The summed E-state index contributed by atoms with van der Waals surface area (Å²) < 4.78 is 37.9. The third kappa shape index (κ3) is 3.31. The fourth-order valence-corrected chi connectivity index (χ4v) is 4.39. The summed E-state index contributed by atoms with van der Waals surface area (Å²) in [4.78, 5) is 26.1. The van der Waals surface area contributed by atoms with Crippen molar-refractivity contribution in [3.63, 3.8) is 0 Å². The molecule has 1 unspecified atom stereocenters. The largest absolute Gasteiger partial charge is 0.481 e. The number of fused-ring (bicyclic) bond motifs is 1. The summed E-state index contributed by atoms with van der Waals surface area (Å²) in [5.41, 5.74) is -0.869. The summed E-state index contributed by atoms with van der Waals surface area (Å²) in [5.74, 6) is -1.36. The average Bonchev–Trinajstić information content (AvgIpc) is 3.12. The van der Waals surface area contributed by atoms with E-state index in [1.54, 1.807) is 11.8 Å². The highest BCUT2D eigenvalue weighted by atomic mass is 19.4. The Balaban J connectivity index is 1.65. The van der Waals surface area contributed by atoms with Gasteiger partial charge in [0.1, 0.15) is 0 Å². The zero-order valence-corrected chi connectivity index (χ0v) is 14.6. The molecule has 3 atom stereocenters. The molecule has 1 aromatic rings. The zero-order valence-electron chi connectivity index (χ0n) is 14.6. The van der Waals surface area contributed by atoms with Gasteiger partial charge in [0.25, 0.3) is 0 Å². The number of carbonyl (C=O) groups is 2. The molecule has 1 N–H and O–H groups in total. The molecule has 1 aromatic carbocycles. The first-order valence-corrected chi connectivity index (χ1v) is 8.82. The molecule has 2 fully saturated rings. The van der Waals surface area contributed by atoms with Crippen molar-refractivity contribution < 1.29 is 27.9 Å². The van der Waals surface area contributed by atoms with Gasteiger partial charge in [0, 0.05) is 19.0 Å². The van der Waals surface area contributed by atoms with Crippen molar-refractivity contribution in [1.29, 1.82) is 0 Å². The van der Waals surface area contributed by atoms with Crippen molar-refractivity contribution in [2.75, 3.05) is 13.1 Å². The van der Waals surface area contributed by atoms with E-state index in [4.69, 9.17) is 0 Å². The normalized spacial score (nSPS) is 26.6. The molecule has 0 radical (unpaired) electrons. The summed E-state index contributed by atoms with van der Waals surface area (Å²) >= 11 is 0. The number of benzene rings is 1. The van der Waals surface area contributed by atoms with Gasteiger partial charge >= 0.3 is 12.1 Å². The van der Waals surface area contributed by atoms with E-state index in [9.17, 15) is 27.9 Å². The minimum atomic E-state index is -4.38. The van der Waals surface area contributed by atoms with Crippen LogP contribution in [0.1, 0.15) is 37.3 Å². The lowest BCUT2D eigenvalue weighted by atomic mass is 9.81. The lowest BCUT2D eigenvalue weighted by molar-refractivity contribution is -0.149. The predicted octanol–water partition coefficient (Wildman–Crippen LogP) is 3.60. The fourth-order valence-electron chi connectivity index (χ4n) is 4.39. The third-order valence-corrected chi connectivity index (χ3v) is 5.85. The van der Waals surface area contributed by atoms with E-state index in [2.05, 4.69) is 0 Å². The van der Waals surface area contributed by atoms with Gasteiger partial charge in [-0.1, -0.05) is 25.5 Å². The molecular weight excluding hydrogens is 347 g/mol. The lowest BCUT2D eigenvalue weighted by Gasteiger charge is -2.25. The third-order valence-electron chi connectivity index (χ3n) is 5.85. The van der Waals surface area contributed by atoms with Gasteiger partial charge in [-0.15, -0.1) is 0 Å². The van der Waals surface area contributed by atoms with Crippen LogP contribution in [0.3, 0.4) is 0 Å². The van der Waals surface area contributed by atoms with Crippen molar-refractivity contribution in [2.24, 2.45) is 17.3 Å². The van der Waals surface area contributed by atoms with Crippen LogP contribution in [0.4, 0.5) is 13.2 Å². The first-order valence-electron chi connectivity index (χ1n) is 8.82. The molecule has 142 valence electrons. The Morgan fingerprint density at radius 2 is 1.96 bits per heavy atom. The lowest BCUT2D eigenvalue weighted by Crippen LogP contribution is -2.39. The topological polar surface area (TPSA) is 57.6 Å². The number of halogens is 3. The number of likely N-dealkylation sites (tertiary alicyclic amines) is 1. The second-order valence-electron chi connectivity index (χ2n) is 7.57. The molecule has 3 rings (SSSR count). The van der Waals surface area contributed by atoms with Crippen LogP contribution in [0.25, 0.3) is 0 Å². The number of hydrogen-bond donors (Lipinski definition) is 1. The SMILES string of the molecule is CC(Cc1ccc(C(F)(F)F)cc1)C(=O)N1C[C@@H]2CCC[C@@]2(C(=O)O)C1. The summed E-state index contributed by atoms with van der Waals surface area (Å²) in [5, 5.41) is 9.61.